The number of nitrogens with two attached hydrogens (primary N) is 1. The fourth-order valence-corrected chi connectivity index (χ4v) is 7.13. The molecule has 4 aromatic carbocycles. The van der Waals surface area contributed by atoms with Crippen LogP contribution in [0.5, 0.6) is 11.5 Å². The van der Waals surface area contributed by atoms with Crippen LogP contribution < -0.4 is 37.3 Å². The lowest BCUT2D eigenvalue weighted by molar-refractivity contribution is 0.0826. The molecular formula is C42H47ClN6O7. The van der Waals surface area contributed by atoms with E-state index in [4.69, 9.17) is 26.8 Å². The number of phenolic OH excluding ortho intramolecular Hbond substituents is 1. The summed E-state index contributed by atoms with van der Waals surface area (Å²) in [6, 6.07) is 24.8. The third kappa shape index (κ3) is 10.4. The molecule has 294 valence electrons. The van der Waals surface area contributed by atoms with Crippen molar-refractivity contribution >= 4 is 46.0 Å². The number of aromatic amines is 1. The molecule has 14 heteroatoms. The van der Waals surface area contributed by atoms with Gasteiger partial charge in [-0.25, -0.2) is 9.59 Å². The maximum absolute atomic E-state index is 12.9. The highest BCUT2D eigenvalue weighted by atomic mass is 35.5. The van der Waals surface area contributed by atoms with Gasteiger partial charge in [0.15, 0.2) is 0 Å². The summed E-state index contributed by atoms with van der Waals surface area (Å²) in [5.41, 5.74) is 11.0. The predicted molar refractivity (Wildman–Crippen MR) is 218 cm³/mol. The van der Waals surface area contributed by atoms with Gasteiger partial charge in [0.1, 0.15) is 17.6 Å². The predicted octanol–water partition coefficient (Wildman–Crippen LogP) is 6.96. The molecule has 1 aliphatic carbocycles. The third-order valence-electron chi connectivity index (χ3n) is 9.86. The average molecular weight is 783 g/mol. The van der Waals surface area contributed by atoms with Gasteiger partial charge in [0.05, 0.1) is 35.1 Å². The Hall–Kier alpha value is -5.60. The molecule has 56 heavy (non-hydrogen) atoms. The summed E-state index contributed by atoms with van der Waals surface area (Å²) >= 11 is 6.57. The van der Waals surface area contributed by atoms with Crippen LogP contribution in [0, 0.1) is 0 Å². The van der Waals surface area contributed by atoms with E-state index < -0.39 is 18.2 Å². The Labute approximate surface area is 329 Å². The van der Waals surface area contributed by atoms with E-state index in [2.05, 4.69) is 26.3 Å². The van der Waals surface area contributed by atoms with Gasteiger partial charge in [-0.3, -0.25) is 10.1 Å². The number of hydrogen-bond acceptors (Lipinski definition) is 9. The second-order valence-electron chi connectivity index (χ2n) is 13.9. The molecule has 0 saturated heterocycles. The number of ether oxygens (including phenoxy) is 2. The molecule has 1 aliphatic rings. The molecule has 6 rings (SSSR count). The number of aromatic hydroxyl groups is 1. The first-order chi connectivity index (χ1) is 27.1. The molecule has 0 radical (unpaired) electrons. The van der Waals surface area contributed by atoms with Gasteiger partial charge in [-0.05, 0) is 79.5 Å². The lowest BCUT2D eigenvalue weighted by Gasteiger charge is -2.26. The largest absolute Gasteiger partial charge is 0.506 e. The Balaban J connectivity index is 1.00. The number of halogens is 1. The summed E-state index contributed by atoms with van der Waals surface area (Å²) in [6.07, 6.45) is 2.87. The highest BCUT2D eigenvalue weighted by molar-refractivity contribution is 6.33. The first-order valence-corrected chi connectivity index (χ1v) is 19.0. The van der Waals surface area contributed by atoms with Crippen molar-refractivity contribution in [2.75, 3.05) is 30.8 Å². The lowest BCUT2D eigenvalue weighted by Crippen LogP contribution is -2.32. The van der Waals surface area contributed by atoms with Gasteiger partial charge < -0.3 is 46.4 Å². The SMILES string of the molecule is COc1cc(NC(=O)NCCCc2ccc(-c3ccccc3)c(NC(=O)O[C@H]3CC[C@H](N)CC3)c2)c(Cl)cc1CNC[C@H](O)c1ccc(O)c2[nH]c(=O)ccc12. The van der Waals surface area contributed by atoms with Crippen LogP contribution in [0.15, 0.2) is 89.7 Å². The van der Waals surface area contributed by atoms with Crippen molar-refractivity contribution < 1.29 is 29.3 Å². The fourth-order valence-electron chi connectivity index (χ4n) is 6.90. The monoisotopic (exact) mass is 782 g/mol. The second-order valence-corrected chi connectivity index (χ2v) is 14.3. The van der Waals surface area contributed by atoms with Crippen LogP contribution in [0.2, 0.25) is 5.02 Å². The molecule has 0 unspecified atom stereocenters. The number of carbonyl (C=O) groups excluding carboxylic acids is 2. The van der Waals surface area contributed by atoms with E-state index in [1.54, 1.807) is 24.3 Å². The summed E-state index contributed by atoms with van der Waals surface area (Å²) in [5.74, 6) is 0.396. The van der Waals surface area contributed by atoms with Crippen LogP contribution in [0.3, 0.4) is 0 Å². The minimum atomic E-state index is -0.946. The van der Waals surface area contributed by atoms with Crippen molar-refractivity contribution in [1.82, 2.24) is 15.6 Å². The number of aliphatic hydroxyl groups excluding tert-OH is 1. The number of amides is 3. The highest BCUT2D eigenvalue weighted by Crippen LogP contribution is 2.33. The number of pyridine rings is 1. The molecule has 1 heterocycles. The van der Waals surface area contributed by atoms with Crippen molar-refractivity contribution in [3.63, 3.8) is 0 Å². The Morgan fingerprint density at radius 3 is 2.52 bits per heavy atom. The van der Waals surface area contributed by atoms with Crippen LogP contribution in [-0.2, 0) is 17.7 Å². The van der Waals surface area contributed by atoms with Crippen molar-refractivity contribution in [2.45, 2.75) is 63.3 Å². The second kappa shape index (κ2) is 18.8. The van der Waals surface area contributed by atoms with Gasteiger partial charge in [0.2, 0.25) is 5.56 Å². The normalized spacial score (nSPS) is 15.9. The number of aliphatic hydroxyl groups is 1. The lowest BCUT2D eigenvalue weighted by atomic mass is 9.94. The zero-order chi connectivity index (χ0) is 39.6. The number of carbonyl (C=O) groups is 2. The topological polar surface area (TPSA) is 200 Å². The Morgan fingerprint density at radius 1 is 0.964 bits per heavy atom. The quantitative estimate of drug-likeness (QED) is 0.0549. The maximum atomic E-state index is 12.9. The van der Waals surface area contributed by atoms with E-state index in [-0.39, 0.29) is 35.5 Å². The number of H-pyrrole nitrogens is 1. The maximum Gasteiger partial charge on any atom is 0.411 e. The van der Waals surface area contributed by atoms with E-state index in [0.29, 0.717) is 64.6 Å². The molecule has 1 fully saturated rings. The van der Waals surface area contributed by atoms with Gasteiger partial charge in [-0.2, -0.15) is 0 Å². The van der Waals surface area contributed by atoms with E-state index in [0.717, 1.165) is 42.4 Å². The summed E-state index contributed by atoms with van der Waals surface area (Å²) in [7, 11) is 1.51. The fraction of sp³-hybridized carbons (Fsp3) is 0.310. The standard InChI is InChI=1S/C42H47ClN6O7/c1-55-38-22-35(33(43)21-27(38)23-45-24-37(51)31-15-17-36(50)40-32(31)16-18-39(52)49-40)47-41(53)46-19-5-6-25-9-14-30(26-7-3-2-4-8-26)34(20-25)48-42(54)56-29-12-10-28(44)11-13-29/h2-4,7-9,14-18,20-22,28-29,37,45,50-51H,5-6,10-13,19,23-24,44H2,1H3,(H,48,54)(H,49,52)(H2,46,47,53)/t28-,29-,37-/m0/s1. The van der Waals surface area contributed by atoms with E-state index in [1.807, 2.05) is 48.5 Å². The van der Waals surface area contributed by atoms with Gasteiger partial charge >= 0.3 is 12.1 Å². The van der Waals surface area contributed by atoms with Gasteiger partial charge in [-0.1, -0.05) is 60.1 Å². The molecule has 3 amide bonds. The molecule has 9 N–H and O–H groups in total. The van der Waals surface area contributed by atoms with Gasteiger partial charge in [0, 0.05) is 54.3 Å². The number of benzene rings is 4. The summed E-state index contributed by atoms with van der Waals surface area (Å²) in [5, 5.41) is 33.7. The molecule has 0 spiro atoms. The number of urea groups is 1. The zero-order valence-electron chi connectivity index (χ0n) is 31.1. The van der Waals surface area contributed by atoms with E-state index >= 15 is 0 Å². The average Bonchev–Trinajstić information content (AvgIpc) is 3.19. The molecular weight excluding hydrogens is 736 g/mol. The summed E-state index contributed by atoms with van der Waals surface area (Å²) in [4.78, 5) is 40.1. The summed E-state index contributed by atoms with van der Waals surface area (Å²) < 4.78 is 11.3. The molecule has 5 aromatic rings. The van der Waals surface area contributed by atoms with Crippen LogP contribution >= 0.6 is 11.6 Å². The number of hydrogen-bond donors (Lipinski definition) is 8. The van der Waals surface area contributed by atoms with Gasteiger partial charge in [0.25, 0.3) is 0 Å². The zero-order valence-corrected chi connectivity index (χ0v) is 31.8. The highest BCUT2D eigenvalue weighted by Gasteiger charge is 2.23. The number of phenols is 1. The molecule has 1 atom stereocenters. The summed E-state index contributed by atoms with van der Waals surface area (Å²) in [6.45, 7) is 0.826. The smallest absolute Gasteiger partial charge is 0.411 e. The van der Waals surface area contributed by atoms with Crippen LogP contribution in [0.25, 0.3) is 22.0 Å². The number of fused-ring (bicyclic) bond motifs is 1. The minimum Gasteiger partial charge on any atom is -0.506 e. The third-order valence-corrected chi connectivity index (χ3v) is 10.2. The number of methoxy groups -OCH3 is 1. The number of aromatic nitrogens is 1. The Bertz CT molecular complexity index is 2210. The van der Waals surface area contributed by atoms with Gasteiger partial charge in [-0.15, -0.1) is 0 Å². The van der Waals surface area contributed by atoms with Crippen LogP contribution in [0.4, 0.5) is 21.0 Å². The molecule has 0 aliphatic heterocycles. The van der Waals surface area contributed by atoms with Crippen molar-refractivity contribution in [1.29, 1.82) is 0 Å². The minimum absolute atomic E-state index is 0.0852. The van der Waals surface area contributed by atoms with Crippen molar-refractivity contribution in [3.8, 4) is 22.6 Å². The first kappa shape index (κ1) is 40.1. The Kier molecular flexibility index (Phi) is 13.5. The van der Waals surface area contributed by atoms with E-state index in [9.17, 15) is 24.6 Å². The number of aryl methyl sites for hydroxylation is 1. The van der Waals surface area contributed by atoms with Crippen LogP contribution in [-0.4, -0.2) is 59.7 Å². The molecule has 1 saturated carbocycles. The molecule has 0 bridgehead atoms. The number of rotatable bonds is 14. The van der Waals surface area contributed by atoms with Crippen molar-refractivity contribution in [3.05, 3.63) is 117 Å². The van der Waals surface area contributed by atoms with Crippen LogP contribution in [0.1, 0.15) is 54.9 Å². The molecule has 13 nitrogen and oxygen atoms in total. The number of nitrogens with one attached hydrogen (secondary N) is 5. The Morgan fingerprint density at radius 2 is 1.75 bits per heavy atom. The van der Waals surface area contributed by atoms with E-state index in [1.165, 1.54) is 19.2 Å². The number of anilines is 2. The first-order valence-electron chi connectivity index (χ1n) is 18.6. The molecule has 1 aromatic heterocycles. The van der Waals surface area contributed by atoms with Crippen molar-refractivity contribution in [2.24, 2.45) is 5.73 Å².